The minimum absolute atomic E-state index is 0.0305. The van der Waals surface area contributed by atoms with Crippen molar-refractivity contribution in [2.75, 3.05) is 6.54 Å². The minimum atomic E-state index is -0.547. The zero-order valence-electron chi connectivity index (χ0n) is 11.2. The monoisotopic (exact) mass is 252 g/mol. The van der Waals surface area contributed by atoms with Gasteiger partial charge in [0.15, 0.2) is 0 Å². The minimum Gasteiger partial charge on any atom is -0.369 e. The Kier molecular flexibility index (Phi) is 3.93. The number of primary amides is 1. The lowest BCUT2D eigenvalue weighted by Crippen LogP contribution is -2.54. The highest BCUT2D eigenvalue weighted by Crippen LogP contribution is 2.50. The number of carbonyl (C=O) groups excluding carboxylic acids is 2. The number of amides is 2. The van der Waals surface area contributed by atoms with Gasteiger partial charge >= 0.3 is 0 Å². The van der Waals surface area contributed by atoms with Crippen LogP contribution in [-0.2, 0) is 9.59 Å². The number of nitrogens with two attached hydrogens (primary N) is 1. The molecule has 0 spiro atoms. The summed E-state index contributed by atoms with van der Waals surface area (Å²) in [4.78, 5) is 24.0. The molecule has 0 radical (unpaired) electrons. The van der Waals surface area contributed by atoms with Gasteiger partial charge in [0.2, 0.25) is 11.8 Å². The Morgan fingerprint density at radius 3 is 2.33 bits per heavy atom. The lowest BCUT2D eigenvalue weighted by molar-refractivity contribution is -0.148. The third kappa shape index (κ3) is 2.25. The summed E-state index contributed by atoms with van der Waals surface area (Å²) in [5, 5.41) is 2.88. The number of carbonyl (C=O) groups is 2. The van der Waals surface area contributed by atoms with Crippen LogP contribution in [0.15, 0.2) is 0 Å². The van der Waals surface area contributed by atoms with E-state index in [1.807, 2.05) is 6.92 Å². The van der Waals surface area contributed by atoms with E-state index in [1.54, 1.807) is 0 Å². The van der Waals surface area contributed by atoms with Crippen molar-refractivity contribution < 1.29 is 9.59 Å². The molecular formula is C14H24N2O2. The summed E-state index contributed by atoms with van der Waals surface area (Å²) in [6.45, 7) is 2.53. The second kappa shape index (κ2) is 5.29. The van der Waals surface area contributed by atoms with Gasteiger partial charge < -0.3 is 11.1 Å². The van der Waals surface area contributed by atoms with Gasteiger partial charge in [-0.15, -0.1) is 0 Å². The van der Waals surface area contributed by atoms with Crippen LogP contribution in [0.5, 0.6) is 0 Å². The molecule has 18 heavy (non-hydrogen) atoms. The average molecular weight is 252 g/mol. The van der Waals surface area contributed by atoms with Crippen LogP contribution in [0.25, 0.3) is 0 Å². The summed E-state index contributed by atoms with van der Waals surface area (Å²) in [5.74, 6) is 0.177. The van der Waals surface area contributed by atoms with Gasteiger partial charge in [-0.25, -0.2) is 0 Å². The predicted molar refractivity (Wildman–Crippen MR) is 69.6 cm³/mol. The van der Waals surface area contributed by atoms with Crippen LogP contribution in [0.4, 0.5) is 0 Å². The molecule has 0 bridgehead atoms. The van der Waals surface area contributed by atoms with Crippen molar-refractivity contribution in [2.24, 2.45) is 23.0 Å². The van der Waals surface area contributed by atoms with Crippen molar-refractivity contribution in [3.8, 4) is 0 Å². The van der Waals surface area contributed by atoms with E-state index in [-0.39, 0.29) is 17.7 Å². The second-order valence-electron chi connectivity index (χ2n) is 5.85. The first-order valence-electron chi connectivity index (χ1n) is 7.18. The van der Waals surface area contributed by atoms with Crippen LogP contribution >= 0.6 is 0 Å². The SMILES string of the molecule is CCNC(=O)C(CC1CCC1)C1(C(N)=O)CCC1. The molecule has 3 N–H and O–H groups in total. The van der Waals surface area contributed by atoms with E-state index >= 15 is 0 Å². The second-order valence-corrected chi connectivity index (χ2v) is 5.85. The lowest BCUT2D eigenvalue weighted by atomic mass is 9.57. The molecule has 0 aliphatic heterocycles. The molecule has 0 saturated heterocycles. The van der Waals surface area contributed by atoms with Crippen LogP contribution in [-0.4, -0.2) is 18.4 Å². The first-order chi connectivity index (χ1) is 8.60. The van der Waals surface area contributed by atoms with Crippen molar-refractivity contribution in [2.45, 2.75) is 51.9 Å². The molecule has 4 heteroatoms. The van der Waals surface area contributed by atoms with E-state index in [0.717, 1.165) is 25.7 Å². The average Bonchev–Trinajstić information content (AvgIpc) is 2.18. The summed E-state index contributed by atoms with van der Waals surface area (Å²) in [6.07, 6.45) is 7.10. The van der Waals surface area contributed by atoms with Gasteiger partial charge in [-0.1, -0.05) is 25.7 Å². The third-order valence-corrected chi connectivity index (χ3v) is 4.86. The maximum Gasteiger partial charge on any atom is 0.224 e. The molecule has 1 unspecified atom stereocenters. The van der Waals surface area contributed by atoms with Crippen molar-refractivity contribution in [1.82, 2.24) is 5.32 Å². The Bertz CT molecular complexity index is 333. The molecule has 1 atom stereocenters. The fourth-order valence-electron chi connectivity index (χ4n) is 3.27. The first-order valence-corrected chi connectivity index (χ1v) is 7.18. The van der Waals surface area contributed by atoms with E-state index < -0.39 is 5.41 Å². The van der Waals surface area contributed by atoms with Crippen molar-refractivity contribution >= 4 is 11.8 Å². The van der Waals surface area contributed by atoms with E-state index in [1.165, 1.54) is 19.3 Å². The van der Waals surface area contributed by atoms with Crippen LogP contribution in [0.1, 0.15) is 51.9 Å². The van der Waals surface area contributed by atoms with Crippen LogP contribution in [0.2, 0.25) is 0 Å². The summed E-state index contributed by atoms with van der Waals surface area (Å²) >= 11 is 0. The Balaban J connectivity index is 2.11. The number of nitrogens with one attached hydrogen (secondary N) is 1. The molecule has 2 fully saturated rings. The van der Waals surface area contributed by atoms with Gasteiger partial charge in [0.25, 0.3) is 0 Å². The largest absolute Gasteiger partial charge is 0.369 e. The summed E-state index contributed by atoms with van der Waals surface area (Å²) in [6, 6.07) is 0. The van der Waals surface area contributed by atoms with E-state index in [9.17, 15) is 9.59 Å². The Hall–Kier alpha value is -1.06. The highest BCUT2D eigenvalue weighted by molar-refractivity contribution is 5.90. The number of hydrogen-bond donors (Lipinski definition) is 2. The third-order valence-electron chi connectivity index (χ3n) is 4.86. The first kappa shape index (κ1) is 13.4. The predicted octanol–water partition coefficient (Wildman–Crippen LogP) is 1.58. The summed E-state index contributed by atoms with van der Waals surface area (Å²) in [5.41, 5.74) is 5.04. The van der Waals surface area contributed by atoms with Crippen molar-refractivity contribution in [1.29, 1.82) is 0 Å². The molecule has 2 rings (SSSR count). The topological polar surface area (TPSA) is 72.2 Å². The molecule has 0 aromatic heterocycles. The maximum absolute atomic E-state index is 12.2. The smallest absolute Gasteiger partial charge is 0.224 e. The van der Waals surface area contributed by atoms with Crippen molar-refractivity contribution in [3.63, 3.8) is 0 Å². The molecule has 2 aliphatic carbocycles. The lowest BCUT2D eigenvalue weighted by Gasteiger charge is -2.46. The zero-order chi connectivity index (χ0) is 13.2. The van der Waals surface area contributed by atoms with Crippen LogP contribution in [0.3, 0.4) is 0 Å². The Morgan fingerprint density at radius 2 is 2.00 bits per heavy atom. The van der Waals surface area contributed by atoms with Gasteiger partial charge in [0, 0.05) is 6.54 Å². The van der Waals surface area contributed by atoms with E-state index in [0.29, 0.717) is 12.5 Å². The van der Waals surface area contributed by atoms with E-state index in [4.69, 9.17) is 5.73 Å². The Morgan fingerprint density at radius 1 is 1.33 bits per heavy atom. The molecule has 0 aromatic carbocycles. The molecule has 102 valence electrons. The van der Waals surface area contributed by atoms with Gasteiger partial charge in [0.05, 0.1) is 11.3 Å². The molecule has 0 heterocycles. The normalized spacial score (nSPS) is 23.6. The highest BCUT2D eigenvalue weighted by Gasteiger charge is 2.52. The van der Waals surface area contributed by atoms with Crippen LogP contribution < -0.4 is 11.1 Å². The van der Waals surface area contributed by atoms with Gasteiger partial charge in [-0.2, -0.15) is 0 Å². The summed E-state index contributed by atoms with van der Waals surface area (Å²) < 4.78 is 0. The Labute approximate surface area is 109 Å². The molecule has 4 nitrogen and oxygen atoms in total. The number of hydrogen-bond acceptors (Lipinski definition) is 2. The molecule has 2 aliphatic rings. The van der Waals surface area contributed by atoms with Gasteiger partial charge in [-0.3, -0.25) is 9.59 Å². The van der Waals surface area contributed by atoms with Crippen LogP contribution in [0, 0.1) is 17.3 Å². The quantitative estimate of drug-likeness (QED) is 0.753. The molecular weight excluding hydrogens is 228 g/mol. The number of rotatable bonds is 6. The molecule has 0 aromatic rings. The highest BCUT2D eigenvalue weighted by atomic mass is 16.2. The van der Waals surface area contributed by atoms with Gasteiger partial charge in [-0.05, 0) is 32.1 Å². The molecule has 2 saturated carbocycles. The fraction of sp³-hybridized carbons (Fsp3) is 0.857. The van der Waals surface area contributed by atoms with E-state index in [2.05, 4.69) is 5.32 Å². The summed E-state index contributed by atoms with van der Waals surface area (Å²) in [7, 11) is 0. The zero-order valence-corrected chi connectivity index (χ0v) is 11.2. The fourth-order valence-corrected chi connectivity index (χ4v) is 3.27. The van der Waals surface area contributed by atoms with Gasteiger partial charge in [0.1, 0.15) is 0 Å². The standard InChI is InChI=1S/C14H24N2O2/c1-2-16-12(17)11(9-10-5-3-6-10)14(13(15)18)7-4-8-14/h10-11H,2-9H2,1H3,(H2,15,18)(H,16,17). The van der Waals surface area contributed by atoms with Crippen molar-refractivity contribution in [3.05, 3.63) is 0 Å². The maximum atomic E-state index is 12.2. The molecule has 2 amide bonds.